The lowest BCUT2D eigenvalue weighted by atomic mass is 9.93. The number of unbranched alkanes of at least 4 members (excludes halogenated alkanes) is 1. The van der Waals surface area contributed by atoms with Crippen molar-refractivity contribution in [1.29, 1.82) is 0 Å². The predicted molar refractivity (Wildman–Crippen MR) is 69.7 cm³/mol. The average molecular weight is 241 g/mol. The van der Waals surface area contributed by atoms with Crippen molar-refractivity contribution in [3.8, 4) is 0 Å². The average Bonchev–Trinajstić information content (AvgIpc) is 2.57. The zero-order valence-electron chi connectivity index (χ0n) is 11.1. The number of hydrogen-bond acceptors (Lipinski definition) is 2. The molecule has 3 nitrogen and oxygen atoms in total. The van der Waals surface area contributed by atoms with Gasteiger partial charge >= 0.3 is 0 Å². The van der Waals surface area contributed by atoms with E-state index in [0.717, 1.165) is 12.8 Å². The van der Waals surface area contributed by atoms with E-state index in [1.807, 2.05) is 0 Å². The van der Waals surface area contributed by atoms with Gasteiger partial charge in [0.15, 0.2) is 0 Å². The highest BCUT2D eigenvalue weighted by atomic mass is 16.2. The molecule has 1 saturated carbocycles. The van der Waals surface area contributed by atoms with E-state index < -0.39 is 0 Å². The molecule has 1 amide bonds. The van der Waals surface area contributed by atoms with E-state index >= 15 is 0 Å². The first-order chi connectivity index (χ1) is 8.24. The number of rotatable bonds is 6. The van der Waals surface area contributed by atoms with Crippen LogP contribution < -0.4 is 5.32 Å². The summed E-state index contributed by atoms with van der Waals surface area (Å²) in [6, 6.07) is 0.315. The minimum absolute atomic E-state index is 0.148. The molecule has 1 aliphatic rings. The lowest BCUT2D eigenvalue weighted by Crippen LogP contribution is -2.37. The molecule has 0 unspecified atom stereocenters. The Hall–Kier alpha value is -0.570. The van der Waals surface area contributed by atoms with Gasteiger partial charge in [-0.15, -0.1) is 0 Å². The molecule has 0 saturated heterocycles. The van der Waals surface area contributed by atoms with Crippen LogP contribution in [0.25, 0.3) is 0 Å². The molecule has 1 fully saturated rings. The predicted octanol–water partition coefficient (Wildman–Crippen LogP) is 2.62. The molecule has 1 atom stereocenters. The molecule has 0 aromatic heterocycles. The van der Waals surface area contributed by atoms with Crippen molar-refractivity contribution in [1.82, 2.24) is 5.32 Å². The monoisotopic (exact) mass is 241 g/mol. The van der Waals surface area contributed by atoms with Crippen LogP contribution in [0.4, 0.5) is 0 Å². The van der Waals surface area contributed by atoms with E-state index in [9.17, 15) is 4.79 Å². The summed E-state index contributed by atoms with van der Waals surface area (Å²) in [5.41, 5.74) is 0. The molecular formula is C14H27NO2. The maximum Gasteiger partial charge on any atom is 0.220 e. The fourth-order valence-corrected chi connectivity index (χ4v) is 2.65. The number of amides is 1. The van der Waals surface area contributed by atoms with Gasteiger partial charge in [-0.25, -0.2) is 0 Å². The molecule has 2 N–H and O–H groups in total. The molecule has 0 aliphatic heterocycles. The maximum atomic E-state index is 11.7. The highest BCUT2D eigenvalue weighted by molar-refractivity contribution is 5.76. The largest absolute Gasteiger partial charge is 0.396 e. The van der Waals surface area contributed by atoms with Crippen molar-refractivity contribution >= 4 is 5.91 Å². The summed E-state index contributed by atoms with van der Waals surface area (Å²) in [6.07, 6.45) is 9.94. The van der Waals surface area contributed by atoms with Crippen LogP contribution >= 0.6 is 0 Å². The van der Waals surface area contributed by atoms with Crippen LogP contribution in [-0.4, -0.2) is 23.7 Å². The standard InChI is InChI=1S/C14H27NO2/c1-12(13-8-4-2-3-5-9-13)15-14(17)10-6-7-11-16/h12-13,16H,2-11H2,1H3,(H,15,17)/t12-/m1/s1. The molecule has 100 valence electrons. The number of carbonyl (C=O) groups is 1. The summed E-state index contributed by atoms with van der Waals surface area (Å²) in [7, 11) is 0. The summed E-state index contributed by atoms with van der Waals surface area (Å²) in [5.74, 6) is 0.814. The van der Waals surface area contributed by atoms with E-state index in [-0.39, 0.29) is 12.5 Å². The summed E-state index contributed by atoms with van der Waals surface area (Å²) in [5, 5.41) is 11.8. The lowest BCUT2D eigenvalue weighted by Gasteiger charge is -2.23. The van der Waals surface area contributed by atoms with E-state index in [4.69, 9.17) is 5.11 Å². The third kappa shape index (κ3) is 6.06. The third-order valence-electron chi connectivity index (χ3n) is 3.81. The third-order valence-corrected chi connectivity index (χ3v) is 3.81. The maximum absolute atomic E-state index is 11.7. The van der Waals surface area contributed by atoms with Crippen LogP contribution in [0, 0.1) is 5.92 Å². The SMILES string of the molecule is C[C@@H](NC(=O)CCCCO)C1CCCCCC1. The van der Waals surface area contributed by atoms with Gasteiger partial charge in [-0.3, -0.25) is 4.79 Å². The molecule has 0 bridgehead atoms. The first kappa shape index (κ1) is 14.5. The minimum Gasteiger partial charge on any atom is -0.396 e. The van der Waals surface area contributed by atoms with Crippen LogP contribution in [0.2, 0.25) is 0 Å². The number of aliphatic hydroxyl groups is 1. The van der Waals surface area contributed by atoms with Crippen molar-refractivity contribution in [2.24, 2.45) is 5.92 Å². The Labute approximate surface area is 105 Å². The molecule has 0 spiro atoms. The van der Waals surface area contributed by atoms with Crippen LogP contribution in [-0.2, 0) is 4.79 Å². The molecule has 1 aliphatic carbocycles. The zero-order valence-corrected chi connectivity index (χ0v) is 11.1. The molecule has 0 aromatic carbocycles. The van der Waals surface area contributed by atoms with Gasteiger partial charge in [0.25, 0.3) is 0 Å². The summed E-state index contributed by atoms with van der Waals surface area (Å²) in [6.45, 7) is 2.32. The second-order valence-electron chi connectivity index (χ2n) is 5.29. The van der Waals surface area contributed by atoms with Crippen molar-refractivity contribution < 1.29 is 9.90 Å². The number of carbonyl (C=O) groups excluding carboxylic acids is 1. The van der Waals surface area contributed by atoms with Gasteiger partial charge in [0.2, 0.25) is 5.91 Å². The summed E-state index contributed by atoms with van der Waals surface area (Å²) in [4.78, 5) is 11.7. The fourth-order valence-electron chi connectivity index (χ4n) is 2.65. The molecular weight excluding hydrogens is 214 g/mol. The normalized spacial score (nSPS) is 19.6. The van der Waals surface area contributed by atoms with E-state index in [2.05, 4.69) is 12.2 Å². The van der Waals surface area contributed by atoms with Crippen LogP contribution in [0.1, 0.15) is 64.7 Å². The number of hydrogen-bond donors (Lipinski definition) is 2. The van der Waals surface area contributed by atoms with Crippen LogP contribution in [0.5, 0.6) is 0 Å². The van der Waals surface area contributed by atoms with Gasteiger partial charge in [-0.05, 0) is 38.5 Å². The molecule has 0 aromatic rings. The minimum atomic E-state index is 0.148. The van der Waals surface area contributed by atoms with Gasteiger partial charge in [0.05, 0.1) is 0 Å². The van der Waals surface area contributed by atoms with Gasteiger partial charge < -0.3 is 10.4 Å². The van der Waals surface area contributed by atoms with Crippen molar-refractivity contribution in [3.63, 3.8) is 0 Å². The zero-order chi connectivity index (χ0) is 12.5. The Kier molecular flexibility index (Phi) is 7.25. The molecule has 1 rings (SSSR count). The van der Waals surface area contributed by atoms with E-state index in [0.29, 0.717) is 18.4 Å². The fraction of sp³-hybridized carbons (Fsp3) is 0.929. The Balaban J connectivity index is 2.21. The molecule has 17 heavy (non-hydrogen) atoms. The quantitative estimate of drug-likeness (QED) is 0.555. The Bertz CT molecular complexity index is 210. The second-order valence-corrected chi connectivity index (χ2v) is 5.29. The van der Waals surface area contributed by atoms with Crippen molar-refractivity contribution in [3.05, 3.63) is 0 Å². The van der Waals surface area contributed by atoms with Crippen LogP contribution in [0.15, 0.2) is 0 Å². The first-order valence-electron chi connectivity index (χ1n) is 7.14. The highest BCUT2D eigenvalue weighted by Crippen LogP contribution is 2.25. The molecule has 0 radical (unpaired) electrons. The van der Waals surface area contributed by atoms with Crippen molar-refractivity contribution in [2.75, 3.05) is 6.61 Å². The van der Waals surface area contributed by atoms with Gasteiger partial charge in [-0.2, -0.15) is 0 Å². The molecule has 0 heterocycles. The van der Waals surface area contributed by atoms with Crippen molar-refractivity contribution in [2.45, 2.75) is 70.8 Å². The van der Waals surface area contributed by atoms with E-state index in [1.165, 1.54) is 38.5 Å². The number of nitrogens with one attached hydrogen (secondary N) is 1. The van der Waals surface area contributed by atoms with Gasteiger partial charge in [-0.1, -0.05) is 25.7 Å². The Morgan fingerprint density at radius 3 is 2.47 bits per heavy atom. The Morgan fingerprint density at radius 1 is 1.24 bits per heavy atom. The smallest absolute Gasteiger partial charge is 0.220 e. The van der Waals surface area contributed by atoms with Gasteiger partial charge in [0, 0.05) is 19.1 Å². The lowest BCUT2D eigenvalue weighted by molar-refractivity contribution is -0.122. The summed E-state index contributed by atoms with van der Waals surface area (Å²) >= 11 is 0. The molecule has 3 heteroatoms. The summed E-state index contributed by atoms with van der Waals surface area (Å²) < 4.78 is 0. The number of aliphatic hydroxyl groups excluding tert-OH is 1. The highest BCUT2D eigenvalue weighted by Gasteiger charge is 2.20. The first-order valence-corrected chi connectivity index (χ1v) is 7.14. The Morgan fingerprint density at radius 2 is 1.88 bits per heavy atom. The van der Waals surface area contributed by atoms with Crippen LogP contribution in [0.3, 0.4) is 0 Å². The topological polar surface area (TPSA) is 49.3 Å². The van der Waals surface area contributed by atoms with E-state index in [1.54, 1.807) is 0 Å². The second kappa shape index (κ2) is 8.51. The van der Waals surface area contributed by atoms with Gasteiger partial charge in [0.1, 0.15) is 0 Å².